The van der Waals surface area contributed by atoms with E-state index in [0.29, 0.717) is 50.9 Å². The number of aryl methyl sites for hydroxylation is 1. The summed E-state index contributed by atoms with van der Waals surface area (Å²) < 4.78 is 13.0. The number of carbonyl (C=O) groups excluding carboxylic acids is 2. The zero-order chi connectivity index (χ0) is 28.9. The molecule has 218 valence electrons. The van der Waals surface area contributed by atoms with E-state index in [4.69, 9.17) is 14.5 Å². The van der Waals surface area contributed by atoms with Gasteiger partial charge in [0.25, 0.3) is 5.91 Å². The summed E-state index contributed by atoms with van der Waals surface area (Å²) in [6.45, 7) is 12.2. The number of methoxy groups -OCH3 is 1. The molecule has 1 N–H and O–H groups in total. The summed E-state index contributed by atoms with van der Waals surface area (Å²) in [5, 5.41) is 14.7. The maximum atomic E-state index is 14.4. The van der Waals surface area contributed by atoms with Crippen LogP contribution in [0.1, 0.15) is 76.2 Å². The van der Waals surface area contributed by atoms with Crippen LogP contribution in [0.2, 0.25) is 0 Å². The maximum absolute atomic E-state index is 14.4. The van der Waals surface area contributed by atoms with Crippen molar-refractivity contribution in [3.63, 3.8) is 0 Å². The van der Waals surface area contributed by atoms with E-state index in [1.807, 2.05) is 54.5 Å². The molecule has 0 saturated carbocycles. The number of amides is 2. The van der Waals surface area contributed by atoms with E-state index in [-0.39, 0.29) is 23.8 Å². The van der Waals surface area contributed by atoms with Gasteiger partial charge in [-0.3, -0.25) is 4.79 Å². The van der Waals surface area contributed by atoms with Crippen LogP contribution in [0, 0.1) is 5.92 Å². The fraction of sp³-hybridized carbons (Fsp3) is 0.643. The Balaban J connectivity index is 1.68. The number of H-pyrrole nitrogens is 1. The number of hydrogen-bond acceptors (Lipinski definition) is 8. The molecule has 0 aliphatic carbocycles. The van der Waals surface area contributed by atoms with E-state index < -0.39 is 11.7 Å². The Labute approximate surface area is 235 Å². The third-order valence-electron chi connectivity index (χ3n) is 6.90. The third-order valence-corrected chi connectivity index (χ3v) is 6.90. The Hall–Kier alpha value is -3.54. The van der Waals surface area contributed by atoms with Crippen LogP contribution in [0.3, 0.4) is 0 Å². The number of para-hydroxylation sites is 2. The molecule has 4 rings (SSSR count). The predicted molar refractivity (Wildman–Crippen MR) is 150 cm³/mol. The SMILES string of the molecule is COCCCCn1c(C(=O)N(CC(C)C)[C@H]2C[C@@H](c3nn[nH]n3)CN(C(=O)OC(C)(C)C)C2)nc2ccccc21. The summed E-state index contributed by atoms with van der Waals surface area (Å²) in [6, 6.07) is 7.54. The van der Waals surface area contributed by atoms with Crippen LogP contribution >= 0.6 is 0 Å². The van der Waals surface area contributed by atoms with E-state index in [2.05, 4.69) is 34.5 Å². The average Bonchev–Trinajstić information content (AvgIpc) is 3.57. The number of ether oxygens (including phenoxy) is 2. The molecule has 0 spiro atoms. The van der Waals surface area contributed by atoms with Crippen molar-refractivity contribution in [3.05, 3.63) is 35.9 Å². The first-order chi connectivity index (χ1) is 19.1. The fourth-order valence-corrected chi connectivity index (χ4v) is 5.20. The number of aromatic nitrogens is 6. The molecule has 1 aliphatic heterocycles. The zero-order valence-corrected chi connectivity index (χ0v) is 24.5. The highest BCUT2D eigenvalue weighted by atomic mass is 16.6. The lowest BCUT2D eigenvalue weighted by Gasteiger charge is -2.42. The molecule has 40 heavy (non-hydrogen) atoms. The standard InChI is InChI=1S/C28H42N8O4/c1-19(2)16-36(26(37)25-29-22-11-7-8-12-23(22)35(25)13-9-10-14-39-6)21-15-20(24-30-32-33-31-24)17-34(18-21)27(38)40-28(3,4)5/h7-8,11-12,19-21H,9-10,13-18H2,1-6H3,(H,30,31,32,33)/t20-,21+/m1/s1. The van der Waals surface area contributed by atoms with Crippen LogP contribution in [-0.2, 0) is 16.0 Å². The second kappa shape index (κ2) is 12.8. The van der Waals surface area contributed by atoms with Crippen molar-refractivity contribution in [1.29, 1.82) is 0 Å². The van der Waals surface area contributed by atoms with Crippen molar-refractivity contribution in [1.82, 2.24) is 40.0 Å². The molecule has 1 fully saturated rings. The van der Waals surface area contributed by atoms with Gasteiger partial charge in [0.05, 0.1) is 17.1 Å². The van der Waals surface area contributed by atoms with E-state index in [9.17, 15) is 9.59 Å². The Kier molecular flexibility index (Phi) is 9.39. The van der Waals surface area contributed by atoms with Gasteiger partial charge in [-0.1, -0.05) is 31.2 Å². The smallest absolute Gasteiger partial charge is 0.410 e. The van der Waals surface area contributed by atoms with Crippen LogP contribution in [0.5, 0.6) is 0 Å². The summed E-state index contributed by atoms with van der Waals surface area (Å²) in [5.74, 6) is 0.759. The van der Waals surface area contributed by atoms with Crippen LogP contribution in [0.15, 0.2) is 24.3 Å². The minimum absolute atomic E-state index is 0.153. The molecule has 2 amide bonds. The lowest BCUT2D eigenvalue weighted by atomic mass is 9.92. The molecule has 2 atom stereocenters. The normalized spacial score (nSPS) is 17.9. The van der Waals surface area contributed by atoms with Gasteiger partial charge in [0.2, 0.25) is 0 Å². The van der Waals surface area contributed by atoms with Gasteiger partial charge >= 0.3 is 6.09 Å². The number of nitrogens with one attached hydrogen (secondary N) is 1. The predicted octanol–water partition coefficient (Wildman–Crippen LogP) is 3.87. The summed E-state index contributed by atoms with van der Waals surface area (Å²) >= 11 is 0. The summed E-state index contributed by atoms with van der Waals surface area (Å²) in [5.41, 5.74) is 1.06. The van der Waals surface area contributed by atoms with Crippen LogP contribution < -0.4 is 0 Å². The molecule has 2 aromatic heterocycles. The third kappa shape index (κ3) is 7.15. The first kappa shape index (κ1) is 29.4. The fourth-order valence-electron chi connectivity index (χ4n) is 5.20. The number of unbranched alkanes of at least 4 members (excludes halogenated alkanes) is 1. The average molecular weight is 555 g/mol. The highest BCUT2D eigenvalue weighted by Crippen LogP contribution is 2.30. The maximum Gasteiger partial charge on any atom is 0.410 e. The number of benzene rings is 1. The molecule has 3 aromatic rings. The first-order valence-corrected chi connectivity index (χ1v) is 14.0. The minimum Gasteiger partial charge on any atom is -0.444 e. The Morgan fingerprint density at radius 2 is 1.95 bits per heavy atom. The minimum atomic E-state index is -0.646. The van der Waals surface area contributed by atoms with Gasteiger partial charge in [0.15, 0.2) is 11.6 Å². The molecule has 0 unspecified atom stereocenters. The number of imidazole rings is 1. The van der Waals surface area contributed by atoms with Gasteiger partial charge in [0, 0.05) is 45.8 Å². The molecule has 12 heteroatoms. The van der Waals surface area contributed by atoms with Crippen molar-refractivity contribution in [2.45, 2.75) is 78.0 Å². The number of tetrazole rings is 1. The van der Waals surface area contributed by atoms with Gasteiger partial charge < -0.3 is 23.8 Å². The lowest BCUT2D eigenvalue weighted by molar-refractivity contribution is 0.00580. The van der Waals surface area contributed by atoms with Gasteiger partial charge in [0.1, 0.15) is 5.60 Å². The van der Waals surface area contributed by atoms with Crippen molar-refractivity contribution in [3.8, 4) is 0 Å². The van der Waals surface area contributed by atoms with Crippen LogP contribution in [-0.4, -0.2) is 97.0 Å². The van der Waals surface area contributed by atoms with Crippen molar-refractivity contribution in [2.24, 2.45) is 5.92 Å². The number of rotatable bonds is 10. The Morgan fingerprint density at radius 1 is 1.18 bits per heavy atom. The van der Waals surface area contributed by atoms with Crippen molar-refractivity contribution >= 4 is 23.0 Å². The Bertz CT molecular complexity index is 1270. The number of aromatic amines is 1. The molecule has 3 heterocycles. The topological polar surface area (TPSA) is 131 Å². The Morgan fingerprint density at radius 3 is 2.62 bits per heavy atom. The number of likely N-dealkylation sites (tertiary alicyclic amines) is 1. The second-order valence-electron chi connectivity index (χ2n) is 11.9. The van der Waals surface area contributed by atoms with E-state index >= 15 is 0 Å². The van der Waals surface area contributed by atoms with E-state index in [0.717, 1.165) is 23.9 Å². The summed E-state index contributed by atoms with van der Waals surface area (Å²) in [6.07, 6.45) is 1.90. The van der Waals surface area contributed by atoms with Gasteiger partial charge in [-0.2, -0.15) is 5.21 Å². The molecular formula is C28H42N8O4. The largest absolute Gasteiger partial charge is 0.444 e. The highest BCUT2D eigenvalue weighted by molar-refractivity contribution is 5.95. The first-order valence-electron chi connectivity index (χ1n) is 14.0. The van der Waals surface area contributed by atoms with Gasteiger partial charge in [-0.25, -0.2) is 9.78 Å². The molecular weight excluding hydrogens is 512 g/mol. The van der Waals surface area contributed by atoms with Crippen molar-refractivity contribution in [2.75, 3.05) is 33.4 Å². The number of fused-ring (bicyclic) bond motifs is 1. The highest BCUT2D eigenvalue weighted by Gasteiger charge is 2.40. The van der Waals surface area contributed by atoms with E-state index in [1.165, 1.54) is 0 Å². The van der Waals surface area contributed by atoms with Crippen LogP contribution in [0.4, 0.5) is 4.79 Å². The quantitative estimate of drug-likeness (QED) is 0.374. The number of piperidine rings is 1. The molecule has 12 nitrogen and oxygen atoms in total. The second-order valence-corrected chi connectivity index (χ2v) is 11.9. The number of carbonyl (C=O) groups is 2. The number of nitrogens with zero attached hydrogens (tertiary/aromatic N) is 7. The molecule has 0 radical (unpaired) electrons. The lowest BCUT2D eigenvalue weighted by Crippen LogP contribution is -2.55. The van der Waals surface area contributed by atoms with Gasteiger partial charge in [-0.05, 0) is 58.1 Å². The van der Waals surface area contributed by atoms with Crippen molar-refractivity contribution < 1.29 is 19.1 Å². The van der Waals surface area contributed by atoms with E-state index in [1.54, 1.807) is 12.0 Å². The molecule has 1 saturated heterocycles. The monoisotopic (exact) mass is 554 g/mol. The summed E-state index contributed by atoms with van der Waals surface area (Å²) in [4.78, 5) is 35.9. The molecule has 0 bridgehead atoms. The molecule has 1 aromatic carbocycles. The van der Waals surface area contributed by atoms with Gasteiger partial charge in [-0.15, -0.1) is 10.2 Å². The zero-order valence-electron chi connectivity index (χ0n) is 24.5. The number of hydrogen-bond donors (Lipinski definition) is 1. The van der Waals surface area contributed by atoms with Crippen LogP contribution in [0.25, 0.3) is 11.0 Å². The summed E-state index contributed by atoms with van der Waals surface area (Å²) in [7, 11) is 1.69. The molecule has 1 aliphatic rings.